The van der Waals surface area contributed by atoms with Crippen molar-refractivity contribution in [1.82, 2.24) is 0 Å². The van der Waals surface area contributed by atoms with Crippen molar-refractivity contribution in [3.05, 3.63) is 12.2 Å². The molecule has 0 spiro atoms. The van der Waals surface area contributed by atoms with Gasteiger partial charge in [0.15, 0.2) is 0 Å². The van der Waals surface area contributed by atoms with Gasteiger partial charge in [-0.15, -0.1) is 0 Å². The third-order valence-electron chi connectivity index (χ3n) is 2.40. The molecule has 0 aromatic carbocycles. The molecular weight excluding hydrogens is 160 g/mol. The van der Waals surface area contributed by atoms with Crippen LogP contribution >= 0.6 is 0 Å². The molecule has 1 unspecified atom stereocenters. The van der Waals surface area contributed by atoms with Gasteiger partial charge in [-0.1, -0.05) is 58.1 Å². The first-order chi connectivity index (χ1) is 6.35. The lowest BCUT2D eigenvalue weighted by molar-refractivity contribution is 0.341. The molecule has 0 aliphatic heterocycles. The fourth-order valence-corrected chi connectivity index (χ4v) is 1.64. The zero-order chi connectivity index (χ0) is 9.94. The van der Waals surface area contributed by atoms with Crippen LogP contribution in [0, 0.1) is 5.92 Å². The first-order valence-corrected chi connectivity index (χ1v) is 5.61. The highest BCUT2D eigenvalue weighted by Gasteiger charge is 2.04. The number of aliphatic hydroxyl groups excluding tert-OH is 1. The average Bonchev–Trinajstić information content (AvgIpc) is 2.14. The highest BCUT2D eigenvalue weighted by atomic mass is 16.2. The maximum Gasteiger partial charge on any atom is 0.0612 e. The van der Waals surface area contributed by atoms with Gasteiger partial charge in [0.05, 0.1) is 6.61 Å². The maximum atomic E-state index is 8.60. The molecule has 0 aliphatic carbocycles. The van der Waals surface area contributed by atoms with Crippen LogP contribution in [0.25, 0.3) is 0 Å². The lowest BCUT2D eigenvalue weighted by atomic mass is 9.94. The van der Waals surface area contributed by atoms with E-state index in [4.69, 9.17) is 5.11 Å². The van der Waals surface area contributed by atoms with E-state index in [9.17, 15) is 0 Å². The van der Waals surface area contributed by atoms with Crippen molar-refractivity contribution in [2.45, 2.75) is 52.4 Å². The predicted molar refractivity (Wildman–Crippen MR) is 58.8 cm³/mol. The number of hydrogen-bond acceptors (Lipinski definition) is 1. The van der Waals surface area contributed by atoms with E-state index in [0.29, 0.717) is 0 Å². The van der Waals surface area contributed by atoms with Crippen molar-refractivity contribution in [2.24, 2.45) is 5.92 Å². The topological polar surface area (TPSA) is 20.2 Å². The summed E-state index contributed by atoms with van der Waals surface area (Å²) in [5.74, 6) is 0.841. The van der Waals surface area contributed by atoms with E-state index in [1.165, 1.54) is 32.1 Å². The molecule has 0 radical (unpaired) electrons. The van der Waals surface area contributed by atoms with Crippen LogP contribution in [-0.4, -0.2) is 11.7 Å². The van der Waals surface area contributed by atoms with Crippen LogP contribution in [0.3, 0.4) is 0 Å². The lowest BCUT2D eigenvalue weighted by Crippen LogP contribution is -1.98. The zero-order valence-corrected chi connectivity index (χ0v) is 9.13. The van der Waals surface area contributed by atoms with Crippen molar-refractivity contribution in [1.29, 1.82) is 0 Å². The quantitative estimate of drug-likeness (QED) is 0.572. The molecule has 1 N–H and O–H groups in total. The summed E-state index contributed by atoms with van der Waals surface area (Å²) in [6, 6.07) is 0. The Balaban J connectivity index is 3.59. The van der Waals surface area contributed by atoms with Crippen LogP contribution in [0.2, 0.25) is 0 Å². The second-order valence-electron chi connectivity index (χ2n) is 3.69. The van der Waals surface area contributed by atoms with E-state index in [-0.39, 0.29) is 6.61 Å². The Morgan fingerprint density at radius 2 is 1.85 bits per heavy atom. The monoisotopic (exact) mass is 184 g/mol. The van der Waals surface area contributed by atoms with Gasteiger partial charge in [0.2, 0.25) is 0 Å². The van der Waals surface area contributed by atoms with E-state index in [0.717, 1.165) is 12.3 Å². The first kappa shape index (κ1) is 12.7. The molecule has 0 amide bonds. The molecule has 78 valence electrons. The summed E-state index contributed by atoms with van der Waals surface area (Å²) in [5, 5.41) is 8.60. The van der Waals surface area contributed by atoms with Gasteiger partial charge in [0.1, 0.15) is 0 Å². The molecule has 0 rings (SSSR count). The second-order valence-corrected chi connectivity index (χ2v) is 3.69. The van der Waals surface area contributed by atoms with Crippen molar-refractivity contribution in [3.8, 4) is 0 Å². The Hall–Kier alpha value is -0.300. The van der Waals surface area contributed by atoms with E-state index < -0.39 is 0 Å². The van der Waals surface area contributed by atoms with Gasteiger partial charge in [-0.3, -0.25) is 0 Å². The molecule has 0 fully saturated rings. The summed E-state index contributed by atoms with van der Waals surface area (Å²) in [7, 11) is 0. The Morgan fingerprint density at radius 3 is 2.38 bits per heavy atom. The normalized spacial score (nSPS) is 13.8. The van der Waals surface area contributed by atoms with Crippen LogP contribution in [-0.2, 0) is 0 Å². The third kappa shape index (κ3) is 8.04. The minimum Gasteiger partial charge on any atom is -0.392 e. The van der Waals surface area contributed by atoms with E-state index in [1.54, 1.807) is 0 Å². The SMILES string of the molecule is CCCCC(C/C=C\CO)CCC. The molecule has 0 heterocycles. The fraction of sp³-hybridized carbons (Fsp3) is 0.833. The molecule has 0 aliphatic rings. The number of aliphatic hydroxyl groups is 1. The Kier molecular flexibility index (Phi) is 9.56. The summed E-state index contributed by atoms with van der Waals surface area (Å²) in [4.78, 5) is 0. The standard InChI is InChI=1S/C12H24O/c1-3-5-9-12(8-4-2)10-6-7-11-13/h6-7,12-13H,3-5,8-11H2,1-2H3/b7-6-. The van der Waals surface area contributed by atoms with Crippen LogP contribution in [0.4, 0.5) is 0 Å². The van der Waals surface area contributed by atoms with Gasteiger partial charge >= 0.3 is 0 Å². The van der Waals surface area contributed by atoms with Crippen molar-refractivity contribution >= 4 is 0 Å². The summed E-state index contributed by atoms with van der Waals surface area (Å²) in [6.45, 7) is 4.67. The minimum absolute atomic E-state index is 0.187. The molecule has 13 heavy (non-hydrogen) atoms. The Morgan fingerprint density at radius 1 is 1.08 bits per heavy atom. The van der Waals surface area contributed by atoms with Gasteiger partial charge in [0.25, 0.3) is 0 Å². The van der Waals surface area contributed by atoms with Gasteiger partial charge in [-0.2, -0.15) is 0 Å². The summed E-state index contributed by atoms with van der Waals surface area (Å²) in [5.41, 5.74) is 0. The van der Waals surface area contributed by atoms with E-state index in [2.05, 4.69) is 19.9 Å². The van der Waals surface area contributed by atoms with Gasteiger partial charge in [-0.25, -0.2) is 0 Å². The largest absolute Gasteiger partial charge is 0.392 e. The molecular formula is C12H24O. The van der Waals surface area contributed by atoms with Crippen LogP contribution in [0.5, 0.6) is 0 Å². The molecule has 1 nitrogen and oxygen atoms in total. The fourth-order valence-electron chi connectivity index (χ4n) is 1.64. The van der Waals surface area contributed by atoms with Crippen LogP contribution in [0.1, 0.15) is 52.4 Å². The molecule has 0 saturated heterocycles. The Bertz CT molecular complexity index is 118. The van der Waals surface area contributed by atoms with Gasteiger partial charge in [-0.05, 0) is 12.3 Å². The van der Waals surface area contributed by atoms with E-state index in [1.807, 2.05) is 6.08 Å². The van der Waals surface area contributed by atoms with Gasteiger partial charge in [0, 0.05) is 0 Å². The number of unbranched alkanes of at least 4 members (excludes halogenated alkanes) is 1. The molecule has 1 atom stereocenters. The average molecular weight is 184 g/mol. The number of rotatable bonds is 8. The van der Waals surface area contributed by atoms with Crippen molar-refractivity contribution in [3.63, 3.8) is 0 Å². The van der Waals surface area contributed by atoms with E-state index >= 15 is 0 Å². The molecule has 0 aromatic rings. The van der Waals surface area contributed by atoms with Crippen molar-refractivity contribution < 1.29 is 5.11 Å². The number of allylic oxidation sites excluding steroid dienone is 1. The zero-order valence-electron chi connectivity index (χ0n) is 9.13. The third-order valence-corrected chi connectivity index (χ3v) is 2.40. The minimum atomic E-state index is 0.187. The predicted octanol–water partition coefficient (Wildman–Crippen LogP) is 3.53. The highest BCUT2D eigenvalue weighted by molar-refractivity contribution is 4.83. The maximum absolute atomic E-state index is 8.60. The smallest absolute Gasteiger partial charge is 0.0612 e. The first-order valence-electron chi connectivity index (χ1n) is 5.61. The van der Waals surface area contributed by atoms with Crippen LogP contribution in [0.15, 0.2) is 12.2 Å². The van der Waals surface area contributed by atoms with Gasteiger partial charge < -0.3 is 5.11 Å². The molecule has 0 saturated carbocycles. The Labute approximate surface area is 82.9 Å². The highest BCUT2D eigenvalue weighted by Crippen LogP contribution is 2.18. The lowest BCUT2D eigenvalue weighted by Gasteiger charge is -2.12. The van der Waals surface area contributed by atoms with Crippen LogP contribution < -0.4 is 0 Å². The molecule has 0 bridgehead atoms. The van der Waals surface area contributed by atoms with Crippen molar-refractivity contribution in [2.75, 3.05) is 6.61 Å². The second kappa shape index (κ2) is 9.79. The number of hydrogen-bond donors (Lipinski definition) is 1. The summed E-state index contributed by atoms with van der Waals surface area (Å²) >= 11 is 0. The molecule has 0 aromatic heterocycles. The summed E-state index contributed by atoms with van der Waals surface area (Å²) in [6.07, 6.45) is 11.7. The molecule has 1 heteroatoms. The summed E-state index contributed by atoms with van der Waals surface area (Å²) < 4.78 is 0.